The first-order valence-corrected chi connectivity index (χ1v) is 12.1. The Morgan fingerprint density at radius 1 is 0.969 bits per heavy atom. The Morgan fingerprint density at radius 3 is 2.28 bits per heavy atom. The van der Waals surface area contributed by atoms with E-state index in [9.17, 15) is 18.0 Å². The first kappa shape index (κ1) is 22.4. The summed E-state index contributed by atoms with van der Waals surface area (Å²) in [6.45, 7) is 6.97. The quantitative estimate of drug-likeness (QED) is 0.696. The van der Waals surface area contributed by atoms with Crippen molar-refractivity contribution < 1.29 is 18.0 Å². The van der Waals surface area contributed by atoms with Crippen LogP contribution in [0.15, 0.2) is 53.4 Å². The van der Waals surface area contributed by atoms with Gasteiger partial charge in [0.2, 0.25) is 10.0 Å². The fourth-order valence-electron chi connectivity index (χ4n) is 4.23. The molecule has 0 bridgehead atoms. The first-order valence-electron chi connectivity index (χ1n) is 10.6. The normalized spacial score (nSPS) is 22.9. The summed E-state index contributed by atoms with van der Waals surface area (Å²) in [6, 6.07) is 14.1. The van der Waals surface area contributed by atoms with Crippen LogP contribution in [0.5, 0.6) is 0 Å². The molecule has 2 heterocycles. The van der Waals surface area contributed by atoms with Gasteiger partial charge in [-0.2, -0.15) is 4.31 Å². The van der Waals surface area contributed by atoms with Crippen molar-refractivity contribution in [2.45, 2.75) is 31.2 Å². The molecule has 1 atom stereocenters. The summed E-state index contributed by atoms with van der Waals surface area (Å²) in [5.41, 5.74) is 1.24. The summed E-state index contributed by atoms with van der Waals surface area (Å²) >= 11 is 0. The van der Waals surface area contributed by atoms with Gasteiger partial charge in [-0.25, -0.2) is 18.1 Å². The van der Waals surface area contributed by atoms with E-state index in [-0.39, 0.29) is 12.6 Å². The molecule has 4 rings (SSSR count). The zero-order valence-corrected chi connectivity index (χ0v) is 19.4. The van der Waals surface area contributed by atoms with Crippen LogP contribution in [0, 0.1) is 13.8 Å². The highest BCUT2D eigenvalue weighted by atomic mass is 32.2. The minimum atomic E-state index is -3.60. The molecular weight excluding hydrogens is 428 g/mol. The van der Waals surface area contributed by atoms with E-state index in [2.05, 4.69) is 5.32 Å². The maximum absolute atomic E-state index is 13.1. The summed E-state index contributed by atoms with van der Waals surface area (Å²) in [5, 5.41) is 2.81. The average Bonchev–Trinajstić information content (AvgIpc) is 3.00. The summed E-state index contributed by atoms with van der Waals surface area (Å²) < 4.78 is 27.8. The molecule has 0 aliphatic carbocycles. The fraction of sp³-hybridized carbons (Fsp3) is 0.391. The van der Waals surface area contributed by atoms with Gasteiger partial charge < -0.3 is 5.32 Å². The molecule has 9 heteroatoms. The Bertz CT molecular complexity index is 1140. The number of hydrogen-bond acceptors (Lipinski definition) is 5. The Labute approximate surface area is 188 Å². The molecule has 0 aromatic heterocycles. The summed E-state index contributed by atoms with van der Waals surface area (Å²) in [6.07, 6.45) is 0. The van der Waals surface area contributed by atoms with Crippen LogP contribution in [-0.2, 0) is 20.4 Å². The third kappa shape index (κ3) is 3.92. The van der Waals surface area contributed by atoms with E-state index in [1.54, 1.807) is 19.9 Å². The van der Waals surface area contributed by atoms with Gasteiger partial charge in [-0.3, -0.25) is 9.69 Å². The van der Waals surface area contributed by atoms with Crippen LogP contribution in [0.1, 0.15) is 23.6 Å². The highest BCUT2D eigenvalue weighted by Crippen LogP contribution is 2.29. The molecule has 1 N–H and O–H groups in total. The van der Waals surface area contributed by atoms with Gasteiger partial charge in [0.05, 0.1) is 11.6 Å². The molecule has 2 aliphatic heterocycles. The topological polar surface area (TPSA) is 90.0 Å². The molecule has 2 fully saturated rings. The van der Waals surface area contributed by atoms with Gasteiger partial charge in [0.1, 0.15) is 5.54 Å². The van der Waals surface area contributed by atoms with Crippen LogP contribution in [0.2, 0.25) is 0 Å². The maximum Gasteiger partial charge on any atom is 0.326 e. The van der Waals surface area contributed by atoms with Crippen molar-refractivity contribution in [3.63, 3.8) is 0 Å². The van der Waals surface area contributed by atoms with E-state index in [0.29, 0.717) is 31.1 Å². The number of hydrogen-bond donors (Lipinski definition) is 1. The van der Waals surface area contributed by atoms with Crippen molar-refractivity contribution in [3.05, 3.63) is 65.2 Å². The number of rotatable bonds is 5. The molecule has 0 spiro atoms. The number of nitrogens with zero attached hydrogens (tertiary/aromatic N) is 3. The lowest BCUT2D eigenvalue weighted by molar-refractivity contribution is -0.132. The number of nitrogens with one attached hydrogen (secondary N) is 1. The molecule has 0 unspecified atom stereocenters. The van der Waals surface area contributed by atoms with Crippen molar-refractivity contribution in [2.75, 3.05) is 32.8 Å². The summed E-state index contributed by atoms with van der Waals surface area (Å²) in [5.74, 6) is -0.306. The molecule has 0 radical (unpaired) electrons. The number of imide groups is 1. The van der Waals surface area contributed by atoms with Crippen molar-refractivity contribution in [1.29, 1.82) is 0 Å². The second-order valence-electron chi connectivity index (χ2n) is 8.59. The lowest BCUT2D eigenvalue weighted by Crippen LogP contribution is -2.52. The zero-order chi connectivity index (χ0) is 23.1. The monoisotopic (exact) mass is 456 g/mol. The number of sulfonamides is 1. The van der Waals surface area contributed by atoms with Gasteiger partial charge >= 0.3 is 6.03 Å². The van der Waals surface area contributed by atoms with E-state index in [4.69, 9.17) is 0 Å². The molecule has 2 aromatic rings. The summed E-state index contributed by atoms with van der Waals surface area (Å²) in [4.78, 5) is 29.2. The van der Waals surface area contributed by atoms with Crippen molar-refractivity contribution in [1.82, 2.24) is 19.4 Å². The number of urea groups is 1. The third-order valence-electron chi connectivity index (χ3n) is 6.26. The Hall–Kier alpha value is -2.75. The second kappa shape index (κ2) is 8.31. The third-order valence-corrected chi connectivity index (χ3v) is 8.30. The van der Waals surface area contributed by atoms with Gasteiger partial charge in [0, 0.05) is 26.2 Å². The molecule has 170 valence electrons. The van der Waals surface area contributed by atoms with E-state index in [1.165, 1.54) is 9.21 Å². The second-order valence-corrected chi connectivity index (χ2v) is 10.5. The fourth-order valence-corrected chi connectivity index (χ4v) is 5.96. The van der Waals surface area contributed by atoms with Gasteiger partial charge in [-0.05, 0) is 43.5 Å². The standard InChI is InChI=1S/C23H28N4O4S/c1-17-9-10-18(2)20(15-17)32(30,31)26-13-11-25(12-14-26)16-27-21(28)23(3,24-22(27)29)19-7-5-4-6-8-19/h4-10,15H,11-14,16H2,1-3H3,(H,24,29)/t23-/m1/s1. The van der Waals surface area contributed by atoms with Gasteiger partial charge in [-0.15, -0.1) is 0 Å². The van der Waals surface area contributed by atoms with Crippen LogP contribution in [0.3, 0.4) is 0 Å². The van der Waals surface area contributed by atoms with Crippen LogP contribution in [0.4, 0.5) is 4.79 Å². The molecule has 0 saturated carbocycles. The summed E-state index contributed by atoms with van der Waals surface area (Å²) in [7, 11) is -3.60. The van der Waals surface area contributed by atoms with Crippen molar-refractivity contribution in [3.8, 4) is 0 Å². The van der Waals surface area contributed by atoms with Crippen LogP contribution in [-0.4, -0.2) is 67.3 Å². The average molecular weight is 457 g/mol. The zero-order valence-electron chi connectivity index (χ0n) is 18.5. The van der Waals surface area contributed by atoms with Crippen molar-refractivity contribution in [2.24, 2.45) is 0 Å². The predicted octanol–water partition coefficient (Wildman–Crippen LogP) is 2.03. The van der Waals surface area contributed by atoms with Crippen molar-refractivity contribution >= 4 is 22.0 Å². The molecule has 8 nitrogen and oxygen atoms in total. The number of carbonyl (C=O) groups is 2. The highest BCUT2D eigenvalue weighted by molar-refractivity contribution is 7.89. The van der Waals surface area contributed by atoms with Gasteiger partial charge in [-0.1, -0.05) is 42.5 Å². The predicted molar refractivity (Wildman–Crippen MR) is 120 cm³/mol. The Kier molecular flexibility index (Phi) is 5.83. The number of carbonyl (C=O) groups excluding carboxylic acids is 2. The minimum absolute atomic E-state index is 0.129. The molecule has 32 heavy (non-hydrogen) atoms. The molecule has 3 amide bonds. The molecule has 2 saturated heterocycles. The van der Waals surface area contributed by atoms with Crippen LogP contribution >= 0.6 is 0 Å². The van der Waals surface area contributed by atoms with E-state index in [0.717, 1.165) is 16.7 Å². The van der Waals surface area contributed by atoms with E-state index in [1.807, 2.05) is 54.3 Å². The lowest BCUT2D eigenvalue weighted by atomic mass is 9.92. The van der Waals surface area contributed by atoms with E-state index >= 15 is 0 Å². The number of benzene rings is 2. The Morgan fingerprint density at radius 2 is 1.62 bits per heavy atom. The maximum atomic E-state index is 13.1. The minimum Gasteiger partial charge on any atom is -0.319 e. The lowest BCUT2D eigenvalue weighted by Gasteiger charge is -2.35. The van der Waals surface area contributed by atoms with E-state index < -0.39 is 21.6 Å². The van der Waals surface area contributed by atoms with Gasteiger partial charge in [0.25, 0.3) is 5.91 Å². The molecular formula is C23H28N4O4S. The van der Waals surface area contributed by atoms with Crippen LogP contribution < -0.4 is 5.32 Å². The molecule has 2 aliphatic rings. The van der Waals surface area contributed by atoms with Crippen LogP contribution in [0.25, 0.3) is 0 Å². The van der Waals surface area contributed by atoms with Gasteiger partial charge in [0.15, 0.2) is 0 Å². The highest BCUT2D eigenvalue weighted by Gasteiger charge is 2.49. The smallest absolute Gasteiger partial charge is 0.319 e. The SMILES string of the molecule is Cc1ccc(C)c(S(=O)(=O)N2CCN(CN3C(=O)N[C@](C)(c4ccccc4)C3=O)CC2)c1. The first-order chi connectivity index (χ1) is 15.1. The Balaban J connectivity index is 1.43. The largest absolute Gasteiger partial charge is 0.326 e. The molecule has 2 aromatic carbocycles. The number of amides is 3. The number of piperazine rings is 1. The number of aryl methyl sites for hydroxylation is 2.